The average Bonchev–Trinajstić information content (AvgIpc) is 3.29. The number of nitrogens with two attached hydrogens (primary N) is 2. The van der Waals surface area contributed by atoms with Crippen LogP contribution in [-0.4, -0.2) is 34.6 Å². The molecule has 0 bridgehead atoms. The van der Waals surface area contributed by atoms with Gasteiger partial charge < -0.3 is 15.3 Å². The lowest BCUT2D eigenvalue weighted by Gasteiger charge is -2.34. The van der Waals surface area contributed by atoms with Crippen LogP contribution in [0.4, 0.5) is 11.4 Å². The number of aromatic nitrogens is 2. The summed E-state index contributed by atoms with van der Waals surface area (Å²) in [4.78, 5) is 7.33. The standard InChI is InChI=1S/C32H48N6/c1-8-24-13-16-37(17-14-24)21-29-35-15-18-38(29)20-26-19-25(10-9-22(26)2)30(32(4,5)6)27-11-12-28(36(7)34)31(33)23(27)3/h9-12,15,18-19,24,30H,8,13-14,16-17,20-21,33-34H2,1-7H3. The lowest BCUT2D eigenvalue weighted by atomic mass is 9.71. The minimum absolute atomic E-state index is 0.00460. The Labute approximate surface area is 230 Å². The molecule has 4 rings (SSSR count). The fraction of sp³-hybridized carbons (Fsp3) is 0.531. The Morgan fingerprint density at radius 1 is 1.08 bits per heavy atom. The van der Waals surface area contributed by atoms with E-state index in [1.54, 1.807) is 5.01 Å². The number of nitrogen functional groups attached to an aromatic ring is 1. The first-order chi connectivity index (χ1) is 18.0. The zero-order chi connectivity index (χ0) is 27.6. The molecular weight excluding hydrogens is 468 g/mol. The summed E-state index contributed by atoms with van der Waals surface area (Å²) in [6.45, 7) is 17.7. The van der Waals surface area contributed by atoms with Crippen LogP contribution in [0.3, 0.4) is 0 Å². The van der Waals surface area contributed by atoms with Gasteiger partial charge in [-0.2, -0.15) is 0 Å². The minimum Gasteiger partial charge on any atom is -0.397 e. The highest BCUT2D eigenvalue weighted by atomic mass is 15.4. The fourth-order valence-corrected chi connectivity index (χ4v) is 6.11. The van der Waals surface area contributed by atoms with Crippen molar-refractivity contribution in [1.29, 1.82) is 0 Å². The highest BCUT2D eigenvalue weighted by Gasteiger charge is 2.30. The number of anilines is 2. The first-order valence-electron chi connectivity index (χ1n) is 14.2. The SMILES string of the molecule is CCC1CCN(Cc2nccn2Cc2cc(C(c3ccc(N(C)N)c(N)c3C)C(C)(C)C)ccc2C)CC1. The van der Waals surface area contributed by atoms with E-state index < -0.39 is 0 Å². The predicted molar refractivity (Wildman–Crippen MR) is 160 cm³/mol. The first-order valence-corrected chi connectivity index (χ1v) is 14.2. The van der Waals surface area contributed by atoms with Crippen LogP contribution in [0.15, 0.2) is 42.7 Å². The summed E-state index contributed by atoms with van der Waals surface area (Å²) in [6.07, 6.45) is 7.99. The Kier molecular flexibility index (Phi) is 8.53. The van der Waals surface area contributed by atoms with E-state index in [-0.39, 0.29) is 11.3 Å². The molecule has 0 amide bonds. The Bertz CT molecular complexity index is 1230. The molecule has 1 fully saturated rings. The van der Waals surface area contributed by atoms with Crippen LogP contribution in [0.1, 0.15) is 86.5 Å². The van der Waals surface area contributed by atoms with Crippen LogP contribution in [0, 0.1) is 25.2 Å². The lowest BCUT2D eigenvalue weighted by molar-refractivity contribution is 0.170. The molecule has 0 radical (unpaired) electrons. The highest BCUT2D eigenvalue weighted by Crippen LogP contribution is 2.44. The van der Waals surface area contributed by atoms with Crippen LogP contribution in [0.2, 0.25) is 0 Å². The van der Waals surface area contributed by atoms with Gasteiger partial charge in [0, 0.05) is 31.9 Å². The fourth-order valence-electron chi connectivity index (χ4n) is 6.11. The second-order valence-corrected chi connectivity index (χ2v) is 12.4. The summed E-state index contributed by atoms with van der Waals surface area (Å²) < 4.78 is 2.33. The number of benzene rings is 2. The highest BCUT2D eigenvalue weighted by molar-refractivity contribution is 5.72. The number of piperidine rings is 1. The van der Waals surface area contributed by atoms with Crippen molar-refractivity contribution in [2.75, 3.05) is 30.9 Å². The molecule has 0 saturated carbocycles. The van der Waals surface area contributed by atoms with Crippen molar-refractivity contribution in [2.24, 2.45) is 17.2 Å². The van der Waals surface area contributed by atoms with Crippen molar-refractivity contribution < 1.29 is 0 Å². The summed E-state index contributed by atoms with van der Waals surface area (Å²) in [7, 11) is 1.83. The van der Waals surface area contributed by atoms with E-state index in [4.69, 9.17) is 16.6 Å². The Morgan fingerprint density at radius 2 is 1.79 bits per heavy atom. The number of imidazole rings is 1. The van der Waals surface area contributed by atoms with Gasteiger partial charge >= 0.3 is 0 Å². The third-order valence-electron chi connectivity index (χ3n) is 8.59. The Hall–Kier alpha value is -2.83. The van der Waals surface area contributed by atoms with Crippen molar-refractivity contribution in [3.63, 3.8) is 0 Å². The Morgan fingerprint density at radius 3 is 2.42 bits per heavy atom. The van der Waals surface area contributed by atoms with Gasteiger partial charge in [0.15, 0.2) is 0 Å². The third kappa shape index (κ3) is 6.08. The zero-order valence-corrected chi connectivity index (χ0v) is 24.6. The maximum atomic E-state index is 6.56. The molecule has 206 valence electrons. The van der Waals surface area contributed by atoms with Crippen LogP contribution < -0.4 is 16.6 Å². The van der Waals surface area contributed by atoms with E-state index in [1.165, 1.54) is 54.6 Å². The molecule has 1 saturated heterocycles. The third-order valence-corrected chi connectivity index (χ3v) is 8.59. The second-order valence-electron chi connectivity index (χ2n) is 12.4. The first kappa shape index (κ1) is 28.2. The van der Waals surface area contributed by atoms with E-state index in [9.17, 15) is 0 Å². The molecule has 3 aromatic rings. The van der Waals surface area contributed by atoms with Crippen molar-refractivity contribution in [3.8, 4) is 0 Å². The predicted octanol–water partition coefficient (Wildman–Crippen LogP) is 6.24. The number of likely N-dealkylation sites (tertiary alicyclic amines) is 1. The molecule has 6 nitrogen and oxygen atoms in total. The normalized spacial score (nSPS) is 16.1. The van der Waals surface area contributed by atoms with Crippen molar-refractivity contribution in [3.05, 3.63) is 76.4 Å². The molecule has 4 N–H and O–H groups in total. The van der Waals surface area contributed by atoms with Gasteiger partial charge in [-0.05, 0) is 85.0 Å². The smallest absolute Gasteiger partial charge is 0.123 e. The molecule has 2 aromatic carbocycles. The summed E-state index contributed by atoms with van der Waals surface area (Å²) >= 11 is 0. The van der Waals surface area contributed by atoms with Gasteiger partial charge in [0.25, 0.3) is 0 Å². The van der Waals surface area contributed by atoms with Crippen LogP contribution in [0.25, 0.3) is 0 Å². The number of rotatable bonds is 8. The van der Waals surface area contributed by atoms with E-state index in [0.717, 1.165) is 41.8 Å². The molecule has 1 aliphatic heterocycles. The maximum Gasteiger partial charge on any atom is 0.123 e. The summed E-state index contributed by atoms with van der Waals surface area (Å²) in [5.41, 5.74) is 14.5. The maximum absolute atomic E-state index is 6.56. The number of hydrogen-bond donors (Lipinski definition) is 2. The van der Waals surface area contributed by atoms with Gasteiger partial charge in [-0.25, -0.2) is 10.8 Å². The largest absolute Gasteiger partial charge is 0.397 e. The molecule has 1 unspecified atom stereocenters. The van der Waals surface area contributed by atoms with E-state index >= 15 is 0 Å². The summed E-state index contributed by atoms with van der Waals surface area (Å²) in [6, 6.07) is 11.2. The van der Waals surface area contributed by atoms with Crippen LogP contribution in [-0.2, 0) is 13.1 Å². The molecule has 38 heavy (non-hydrogen) atoms. The van der Waals surface area contributed by atoms with Gasteiger partial charge in [0.2, 0.25) is 0 Å². The molecule has 0 aliphatic carbocycles. The molecule has 0 spiro atoms. The van der Waals surface area contributed by atoms with Crippen molar-refractivity contribution >= 4 is 11.4 Å². The molecule has 2 heterocycles. The van der Waals surface area contributed by atoms with E-state index in [0.29, 0.717) is 0 Å². The van der Waals surface area contributed by atoms with Crippen molar-refractivity contribution in [2.45, 2.75) is 79.8 Å². The van der Waals surface area contributed by atoms with Crippen molar-refractivity contribution in [1.82, 2.24) is 14.5 Å². The molecule has 1 aliphatic rings. The van der Waals surface area contributed by atoms with Gasteiger partial charge in [0.05, 0.1) is 17.9 Å². The monoisotopic (exact) mass is 516 g/mol. The average molecular weight is 517 g/mol. The minimum atomic E-state index is 0.00460. The Balaban J connectivity index is 1.63. The molecule has 1 aromatic heterocycles. The van der Waals surface area contributed by atoms with E-state index in [2.05, 4.69) is 81.5 Å². The molecule has 6 heteroatoms. The topological polar surface area (TPSA) is 76.3 Å². The van der Waals surface area contributed by atoms with Gasteiger partial charge in [-0.1, -0.05) is 58.4 Å². The number of hydrogen-bond acceptors (Lipinski definition) is 5. The van der Waals surface area contributed by atoms with E-state index in [1.807, 2.05) is 19.3 Å². The summed E-state index contributed by atoms with van der Waals surface area (Å²) in [5, 5.41) is 1.59. The molecule has 1 atom stereocenters. The van der Waals surface area contributed by atoms with Crippen LogP contribution in [0.5, 0.6) is 0 Å². The van der Waals surface area contributed by atoms with Crippen LogP contribution >= 0.6 is 0 Å². The zero-order valence-electron chi connectivity index (χ0n) is 24.6. The second kappa shape index (κ2) is 11.5. The van der Waals surface area contributed by atoms with Gasteiger partial charge in [-0.15, -0.1) is 0 Å². The lowest BCUT2D eigenvalue weighted by Crippen LogP contribution is -2.34. The number of aryl methyl sites for hydroxylation is 1. The number of hydrazine groups is 1. The quantitative estimate of drug-likeness (QED) is 0.211. The molecular formula is C32H48N6. The summed E-state index contributed by atoms with van der Waals surface area (Å²) in [5.74, 6) is 8.27. The van der Waals surface area contributed by atoms with Gasteiger partial charge in [-0.3, -0.25) is 4.90 Å². The number of nitrogens with zero attached hydrogens (tertiary/aromatic N) is 4. The van der Waals surface area contributed by atoms with Gasteiger partial charge in [0.1, 0.15) is 5.82 Å².